The molecule has 0 saturated carbocycles. The van der Waals surface area contributed by atoms with E-state index < -0.39 is 0 Å². The van der Waals surface area contributed by atoms with Crippen molar-refractivity contribution in [2.24, 2.45) is 5.10 Å². The molecule has 148 valence electrons. The number of hydrazone groups is 1. The summed E-state index contributed by atoms with van der Waals surface area (Å²) < 4.78 is 5.40. The van der Waals surface area contributed by atoms with Gasteiger partial charge in [0, 0.05) is 24.9 Å². The van der Waals surface area contributed by atoms with Crippen molar-refractivity contribution >= 4 is 28.8 Å². The molecule has 0 unspecified atom stereocenters. The van der Waals surface area contributed by atoms with Crippen molar-refractivity contribution in [1.82, 2.24) is 10.7 Å². The molecular formula is C23H23N3O3. The maximum absolute atomic E-state index is 12.0. The van der Waals surface area contributed by atoms with Crippen molar-refractivity contribution in [3.63, 3.8) is 0 Å². The standard InChI is InChI=1S/C23H23N3O3/c1-29-21-12-11-18-9-5-6-10-19(18)20(21)16-25-26-23(28)14-13-22(27)24-15-17-7-3-2-4-8-17/h2-12,16H,13-15H2,1H3,(H,24,27)(H,26,28)/b25-16+. The second kappa shape index (κ2) is 10.0. The van der Waals surface area contributed by atoms with Crippen LogP contribution in [0.5, 0.6) is 5.75 Å². The van der Waals surface area contributed by atoms with Crippen LogP contribution in [0.1, 0.15) is 24.0 Å². The van der Waals surface area contributed by atoms with Gasteiger partial charge < -0.3 is 10.1 Å². The number of fused-ring (bicyclic) bond motifs is 1. The van der Waals surface area contributed by atoms with E-state index in [1.54, 1.807) is 13.3 Å². The molecule has 0 atom stereocenters. The van der Waals surface area contributed by atoms with Crippen LogP contribution in [0.25, 0.3) is 10.8 Å². The van der Waals surface area contributed by atoms with E-state index in [2.05, 4.69) is 15.8 Å². The summed E-state index contributed by atoms with van der Waals surface area (Å²) in [6.45, 7) is 0.445. The zero-order valence-electron chi connectivity index (χ0n) is 16.2. The zero-order valence-corrected chi connectivity index (χ0v) is 16.2. The summed E-state index contributed by atoms with van der Waals surface area (Å²) in [6, 6.07) is 21.3. The highest BCUT2D eigenvalue weighted by Gasteiger charge is 2.08. The van der Waals surface area contributed by atoms with E-state index in [-0.39, 0.29) is 24.7 Å². The predicted octanol–water partition coefficient (Wildman–Crippen LogP) is 3.40. The van der Waals surface area contributed by atoms with E-state index in [1.165, 1.54) is 0 Å². The molecule has 0 radical (unpaired) electrons. The first-order chi connectivity index (χ1) is 14.2. The van der Waals surface area contributed by atoms with E-state index in [1.807, 2.05) is 66.7 Å². The molecule has 0 heterocycles. The van der Waals surface area contributed by atoms with Crippen LogP contribution in [0.2, 0.25) is 0 Å². The third kappa shape index (κ3) is 5.65. The minimum atomic E-state index is -0.324. The molecule has 3 rings (SSSR count). The Kier molecular flexibility index (Phi) is 6.95. The lowest BCUT2D eigenvalue weighted by Gasteiger charge is -2.08. The van der Waals surface area contributed by atoms with Gasteiger partial charge in [0.05, 0.1) is 13.3 Å². The Morgan fingerprint density at radius 1 is 0.931 bits per heavy atom. The highest BCUT2D eigenvalue weighted by molar-refractivity contribution is 6.02. The third-order valence-electron chi connectivity index (χ3n) is 4.45. The van der Waals surface area contributed by atoms with Crippen molar-refractivity contribution in [2.45, 2.75) is 19.4 Å². The number of hydrogen-bond acceptors (Lipinski definition) is 4. The molecule has 2 amide bonds. The fourth-order valence-electron chi connectivity index (χ4n) is 2.92. The molecule has 6 heteroatoms. The van der Waals surface area contributed by atoms with Crippen molar-refractivity contribution < 1.29 is 14.3 Å². The summed E-state index contributed by atoms with van der Waals surface area (Å²) in [5, 5.41) is 8.86. The molecule has 0 spiro atoms. The monoisotopic (exact) mass is 389 g/mol. The van der Waals surface area contributed by atoms with E-state index in [9.17, 15) is 9.59 Å². The molecule has 3 aromatic carbocycles. The molecule has 0 aliphatic carbocycles. The van der Waals surface area contributed by atoms with Crippen LogP contribution < -0.4 is 15.5 Å². The molecule has 0 bridgehead atoms. The highest BCUT2D eigenvalue weighted by atomic mass is 16.5. The maximum Gasteiger partial charge on any atom is 0.240 e. The van der Waals surface area contributed by atoms with Crippen LogP contribution in [-0.2, 0) is 16.1 Å². The van der Waals surface area contributed by atoms with Crippen LogP contribution in [0.3, 0.4) is 0 Å². The molecule has 0 saturated heterocycles. The summed E-state index contributed by atoms with van der Waals surface area (Å²) in [6.07, 6.45) is 1.73. The first-order valence-electron chi connectivity index (χ1n) is 9.35. The lowest BCUT2D eigenvalue weighted by Crippen LogP contribution is -2.25. The number of methoxy groups -OCH3 is 1. The number of ether oxygens (including phenoxy) is 1. The van der Waals surface area contributed by atoms with E-state index >= 15 is 0 Å². The summed E-state index contributed by atoms with van der Waals surface area (Å²) in [4.78, 5) is 23.9. The molecule has 0 aliphatic rings. The van der Waals surface area contributed by atoms with Crippen molar-refractivity contribution in [1.29, 1.82) is 0 Å². The largest absolute Gasteiger partial charge is 0.496 e. The molecule has 0 aromatic heterocycles. The van der Waals surface area contributed by atoms with Crippen LogP contribution >= 0.6 is 0 Å². The summed E-state index contributed by atoms with van der Waals surface area (Å²) in [5.74, 6) is 0.168. The molecular weight excluding hydrogens is 366 g/mol. The molecule has 0 fully saturated rings. The molecule has 3 aromatic rings. The molecule has 0 aliphatic heterocycles. The Morgan fingerprint density at radius 2 is 1.66 bits per heavy atom. The normalized spacial score (nSPS) is 10.8. The fourth-order valence-corrected chi connectivity index (χ4v) is 2.92. The Bertz CT molecular complexity index is 1020. The number of carbonyl (C=O) groups is 2. The highest BCUT2D eigenvalue weighted by Crippen LogP contribution is 2.26. The topological polar surface area (TPSA) is 79.8 Å². The van der Waals surface area contributed by atoms with Crippen LogP contribution in [-0.4, -0.2) is 25.1 Å². The quantitative estimate of drug-likeness (QED) is 0.458. The van der Waals surface area contributed by atoms with Gasteiger partial charge in [0.2, 0.25) is 11.8 Å². The summed E-state index contributed by atoms with van der Waals surface area (Å²) in [7, 11) is 1.59. The number of nitrogens with zero attached hydrogens (tertiary/aromatic N) is 1. The van der Waals surface area contributed by atoms with Crippen LogP contribution in [0.4, 0.5) is 0 Å². The van der Waals surface area contributed by atoms with Gasteiger partial charge >= 0.3 is 0 Å². The van der Waals surface area contributed by atoms with E-state index in [4.69, 9.17) is 4.74 Å². The van der Waals surface area contributed by atoms with Gasteiger partial charge in [-0.05, 0) is 22.4 Å². The number of carbonyl (C=O) groups excluding carboxylic acids is 2. The Balaban J connectivity index is 1.51. The van der Waals surface area contributed by atoms with Gasteiger partial charge in [0.25, 0.3) is 0 Å². The van der Waals surface area contributed by atoms with Crippen LogP contribution in [0, 0.1) is 0 Å². The Morgan fingerprint density at radius 3 is 2.45 bits per heavy atom. The minimum Gasteiger partial charge on any atom is -0.496 e. The van der Waals surface area contributed by atoms with E-state index in [0.717, 1.165) is 21.9 Å². The molecule has 6 nitrogen and oxygen atoms in total. The van der Waals surface area contributed by atoms with Gasteiger partial charge in [-0.25, -0.2) is 5.43 Å². The average molecular weight is 389 g/mol. The van der Waals surface area contributed by atoms with Crippen molar-refractivity contribution in [3.05, 3.63) is 77.9 Å². The van der Waals surface area contributed by atoms with Gasteiger partial charge in [-0.15, -0.1) is 0 Å². The zero-order chi connectivity index (χ0) is 20.5. The SMILES string of the molecule is COc1ccc2ccccc2c1/C=N/NC(=O)CCC(=O)NCc1ccccc1. The summed E-state index contributed by atoms with van der Waals surface area (Å²) in [5.41, 5.74) is 4.27. The lowest BCUT2D eigenvalue weighted by molar-refractivity contribution is -0.126. The smallest absolute Gasteiger partial charge is 0.240 e. The lowest BCUT2D eigenvalue weighted by atomic mass is 10.0. The van der Waals surface area contributed by atoms with Gasteiger partial charge in [-0.1, -0.05) is 60.7 Å². The number of benzene rings is 3. The minimum absolute atomic E-state index is 0.0602. The predicted molar refractivity (Wildman–Crippen MR) is 114 cm³/mol. The van der Waals surface area contributed by atoms with Crippen LogP contribution in [0.15, 0.2) is 71.8 Å². The van der Waals surface area contributed by atoms with Gasteiger partial charge in [-0.3, -0.25) is 9.59 Å². The van der Waals surface area contributed by atoms with Crippen molar-refractivity contribution in [2.75, 3.05) is 7.11 Å². The molecule has 2 N–H and O–H groups in total. The summed E-state index contributed by atoms with van der Waals surface area (Å²) >= 11 is 0. The van der Waals surface area contributed by atoms with E-state index in [0.29, 0.717) is 12.3 Å². The van der Waals surface area contributed by atoms with Gasteiger partial charge in [0.1, 0.15) is 5.75 Å². The number of rotatable bonds is 8. The Labute approximate surface area is 169 Å². The molecule has 29 heavy (non-hydrogen) atoms. The average Bonchev–Trinajstić information content (AvgIpc) is 2.77. The third-order valence-corrected chi connectivity index (χ3v) is 4.45. The second-order valence-corrected chi connectivity index (χ2v) is 6.46. The fraction of sp³-hybridized carbons (Fsp3) is 0.174. The first kappa shape index (κ1) is 20.1. The number of nitrogens with one attached hydrogen (secondary N) is 2. The number of amides is 2. The second-order valence-electron chi connectivity index (χ2n) is 6.46. The number of hydrogen-bond donors (Lipinski definition) is 2. The van der Waals surface area contributed by atoms with Crippen molar-refractivity contribution in [3.8, 4) is 5.75 Å². The van der Waals surface area contributed by atoms with Gasteiger partial charge in [-0.2, -0.15) is 5.10 Å². The first-order valence-corrected chi connectivity index (χ1v) is 9.35. The maximum atomic E-state index is 12.0. The Hall–Kier alpha value is -3.67. The van der Waals surface area contributed by atoms with Gasteiger partial charge in [0.15, 0.2) is 0 Å².